The molecule has 0 fully saturated rings. The van der Waals surface area contributed by atoms with E-state index in [2.05, 4.69) is 5.92 Å². The molecule has 0 radical (unpaired) electrons. The maximum absolute atomic E-state index is 12.0. The summed E-state index contributed by atoms with van der Waals surface area (Å²) in [4.78, 5) is -0.118. The van der Waals surface area contributed by atoms with Crippen LogP contribution in [0.3, 0.4) is 0 Å². The van der Waals surface area contributed by atoms with Gasteiger partial charge in [0.15, 0.2) is 0 Å². The molecule has 0 atom stereocenters. The van der Waals surface area contributed by atoms with Crippen molar-refractivity contribution in [2.75, 3.05) is 13.1 Å². The molecule has 1 aromatic rings. The van der Waals surface area contributed by atoms with Crippen LogP contribution in [0.2, 0.25) is 0 Å². The van der Waals surface area contributed by atoms with Crippen LogP contribution in [0.4, 0.5) is 0 Å². The molecule has 1 rings (SSSR count). The minimum Gasteiger partial charge on any atom is -0.507 e. The number of sulfonamides is 1. The van der Waals surface area contributed by atoms with E-state index < -0.39 is 10.0 Å². The zero-order chi connectivity index (χ0) is 12.2. The largest absolute Gasteiger partial charge is 0.507 e. The molecular formula is C11H13NO3S. The Bertz CT molecular complexity index is 502. The molecule has 0 amide bonds. The summed E-state index contributed by atoms with van der Waals surface area (Å²) in [5, 5.41) is 9.50. The predicted molar refractivity (Wildman–Crippen MR) is 61.4 cm³/mol. The molecule has 16 heavy (non-hydrogen) atoms. The summed E-state index contributed by atoms with van der Waals surface area (Å²) in [6.07, 6.45) is 5.10. The van der Waals surface area contributed by atoms with Gasteiger partial charge in [0.25, 0.3) is 0 Å². The van der Waals surface area contributed by atoms with Crippen LogP contribution in [-0.2, 0) is 10.0 Å². The lowest BCUT2D eigenvalue weighted by Gasteiger charge is -2.18. The van der Waals surface area contributed by atoms with E-state index in [1.807, 2.05) is 0 Å². The van der Waals surface area contributed by atoms with Crippen molar-refractivity contribution < 1.29 is 13.5 Å². The average molecular weight is 239 g/mol. The molecule has 1 aromatic carbocycles. The Morgan fingerprint density at radius 3 is 2.56 bits per heavy atom. The number of nitrogens with zero attached hydrogens (tertiary/aromatic N) is 1. The van der Waals surface area contributed by atoms with Crippen LogP contribution < -0.4 is 0 Å². The van der Waals surface area contributed by atoms with Crippen molar-refractivity contribution in [3.8, 4) is 18.1 Å². The Morgan fingerprint density at radius 1 is 1.44 bits per heavy atom. The smallest absolute Gasteiger partial charge is 0.247 e. The van der Waals surface area contributed by atoms with Crippen molar-refractivity contribution in [2.24, 2.45) is 0 Å². The summed E-state index contributed by atoms with van der Waals surface area (Å²) >= 11 is 0. The first kappa shape index (κ1) is 12.6. The number of phenols is 1. The first-order chi connectivity index (χ1) is 7.54. The van der Waals surface area contributed by atoms with Crippen LogP contribution >= 0.6 is 0 Å². The molecule has 1 N–H and O–H groups in total. The Kier molecular flexibility index (Phi) is 3.93. The molecule has 0 saturated carbocycles. The third-order valence-electron chi connectivity index (χ3n) is 2.10. The van der Waals surface area contributed by atoms with Gasteiger partial charge in [-0.3, -0.25) is 0 Å². The number of terminal acetylenes is 1. The second-order valence-corrected chi connectivity index (χ2v) is 5.01. The van der Waals surface area contributed by atoms with Crippen molar-refractivity contribution in [3.05, 3.63) is 24.3 Å². The molecule has 0 aliphatic heterocycles. The second kappa shape index (κ2) is 5.01. The first-order valence-electron chi connectivity index (χ1n) is 4.75. The molecule has 5 heteroatoms. The topological polar surface area (TPSA) is 57.6 Å². The summed E-state index contributed by atoms with van der Waals surface area (Å²) < 4.78 is 25.2. The number of aromatic hydroxyl groups is 1. The van der Waals surface area contributed by atoms with Crippen molar-refractivity contribution >= 4 is 10.0 Å². The van der Waals surface area contributed by atoms with Crippen molar-refractivity contribution in [2.45, 2.75) is 11.8 Å². The van der Waals surface area contributed by atoms with Crippen molar-refractivity contribution in [1.82, 2.24) is 4.31 Å². The summed E-state index contributed by atoms with van der Waals surface area (Å²) in [7, 11) is -3.70. The zero-order valence-corrected chi connectivity index (χ0v) is 9.74. The Hall–Kier alpha value is -1.51. The maximum atomic E-state index is 12.0. The first-order valence-corrected chi connectivity index (χ1v) is 6.19. The third-order valence-corrected chi connectivity index (χ3v) is 4.07. The normalized spacial score (nSPS) is 11.3. The van der Waals surface area contributed by atoms with Gasteiger partial charge in [-0.25, -0.2) is 8.42 Å². The number of phenolic OH excluding ortho intramolecular Hbond substituents is 1. The third kappa shape index (κ3) is 2.35. The Labute approximate surface area is 95.6 Å². The van der Waals surface area contributed by atoms with Crippen LogP contribution in [-0.4, -0.2) is 30.9 Å². The van der Waals surface area contributed by atoms with Gasteiger partial charge in [-0.1, -0.05) is 25.0 Å². The van der Waals surface area contributed by atoms with Gasteiger partial charge < -0.3 is 5.11 Å². The van der Waals surface area contributed by atoms with Gasteiger partial charge in [0.05, 0.1) is 6.54 Å². The van der Waals surface area contributed by atoms with Crippen LogP contribution in [0.15, 0.2) is 29.2 Å². The van der Waals surface area contributed by atoms with Crippen LogP contribution in [0.5, 0.6) is 5.75 Å². The molecule has 4 nitrogen and oxygen atoms in total. The van der Waals surface area contributed by atoms with Gasteiger partial charge in [0.1, 0.15) is 10.6 Å². The fourth-order valence-corrected chi connectivity index (χ4v) is 2.73. The van der Waals surface area contributed by atoms with Gasteiger partial charge in [-0.05, 0) is 12.1 Å². The Balaban J connectivity index is 3.22. The molecule has 0 spiro atoms. The molecular weight excluding hydrogens is 226 g/mol. The molecule has 0 aliphatic rings. The second-order valence-electron chi connectivity index (χ2n) is 3.10. The fraction of sp³-hybridized carbons (Fsp3) is 0.273. The van der Waals surface area contributed by atoms with E-state index in [4.69, 9.17) is 6.42 Å². The fourth-order valence-electron chi connectivity index (χ4n) is 1.28. The van der Waals surface area contributed by atoms with Gasteiger partial charge in [-0.2, -0.15) is 4.31 Å². The van der Waals surface area contributed by atoms with E-state index >= 15 is 0 Å². The van der Waals surface area contributed by atoms with E-state index in [0.717, 1.165) is 4.31 Å². The molecule has 0 heterocycles. The zero-order valence-electron chi connectivity index (χ0n) is 8.92. The summed E-state index contributed by atoms with van der Waals surface area (Å²) in [5.74, 6) is 2.01. The lowest BCUT2D eigenvalue weighted by Crippen LogP contribution is -2.31. The SMILES string of the molecule is C#CCN(CC)S(=O)(=O)c1ccccc1O. The minimum atomic E-state index is -3.70. The van der Waals surface area contributed by atoms with E-state index in [9.17, 15) is 13.5 Å². The number of rotatable bonds is 4. The highest BCUT2D eigenvalue weighted by atomic mass is 32.2. The molecule has 86 valence electrons. The lowest BCUT2D eigenvalue weighted by molar-refractivity contribution is 0.439. The van der Waals surface area contributed by atoms with E-state index in [-0.39, 0.29) is 23.7 Å². The van der Waals surface area contributed by atoms with Crippen LogP contribution in [0.25, 0.3) is 0 Å². The summed E-state index contributed by atoms with van der Waals surface area (Å²) in [6.45, 7) is 1.95. The van der Waals surface area contributed by atoms with Gasteiger partial charge in [0.2, 0.25) is 10.0 Å². The molecule has 0 saturated heterocycles. The maximum Gasteiger partial charge on any atom is 0.247 e. The highest BCUT2D eigenvalue weighted by Gasteiger charge is 2.24. The van der Waals surface area contributed by atoms with Crippen molar-refractivity contribution in [1.29, 1.82) is 0 Å². The highest BCUT2D eigenvalue weighted by Crippen LogP contribution is 2.24. The van der Waals surface area contributed by atoms with Crippen LogP contribution in [0, 0.1) is 12.3 Å². The monoisotopic (exact) mass is 239 g/mol. The molecule has 0 aromatic heterocycles. The van der Waals surface area contributed by atoms with Crippen molar-refractivity contribution in [3.63, 3.8) is 0 Å². The predicted octanol–water partition coefficient (Wildman–Crippen LogP) is 1.04. The molecule has 0 aliphatic carbocycles. The quantitative estimate of drug-likeness (QED) is 0.799. The van der Waals surface area contributed by atoms with Gasteiger partial charge in [-0.15, -0.1) is 6.42 Å². The van der Waals surface area contributed by atoms with E-state index in [0.29, 0.717) is 0 Å². The number of benzene rings is 1. The number of hydrogen-bond acceptors (Lipinski definition) is 3. The van der Waals surface area contributed by atoms with Gasteiger partial charge in [0, 0.05) is 6.54 Å². The molecule has 0 unspecified atom stereocenters. The van der Waals surface area contributed by atoms with E-state index in [1.165, 1.54) is 12.1 Å². The van der Waals surface area contributed by atoms with Gasteiger partial charge >= 0.3 is 0 Å². The van der Waals surface area contributed by atoms with Crippen LogP contribution in [0.1, 0.15) is 6.92 Å². The minimum absolute atomic E-state index is 0.00678. The summed E-state index contributed by atoms with van der Waals surface area (Å²) in [5.41, 5.74) is 0. The average Bonchev–Trinajstić information content (AvgIpc) is 2.26. The number of para-hydroxylation sites is 1. The van der Waals surface area contributed by atoms with E-state index in [1.54, 1.807) is 19.1 Å². The highest BCUT2D eigenvalue weighted by molar-refractivity contribution is 7.89. The molecule has 0 bridgehead atoms. The lowest BCUT2D eigenvalue weighted by atomic mass is 10.3. The summed E-state index contributed by atoms with van der Waals surface area (Å²) in [6, 6.07) is 5.79. The Morgan fingerprint density at radius 2 is 2.06 bits per heavy atom. The standard InChI is InChI=1S/C11H13NO3S/c1-3-9-12(4-2)16(14,15)11-8-6-5-7-10(11)13/h1,5-8,13H,4,9H2,2H3. The number of hydrogen-bond donors (Lipinski definition) is 1.